The molecule has 0 unspecified atom stereocenters. The van der Waals surface area contributed by atoms with Gasteiger partial charge in [-0.3, -0.25) is 14.5 Å². The second-order valence-corrected chi connectivity index (χ2v) is 6.44. The molecule has 7 nitrogen and oxygen atoms in total. The van der Waals surface area contributed by atoms with Crippen molar-refractivity contribution < 1.29 is 14.0 Å². The second kappa shape index (κ2) is 8.64. The van der Waals surface area contributed by atoms with Crippen LogP contribution in [0.2, 0.25) is 0 Å². The van der Waals surface area contributed by atoms with Crippen molar-refractivity contribution in [2.24, 2.45) is 5.73 Å². The standard InChI is InChI=1S/C19H24N4O3/c20-11-17-10-14(13-26-17)19(25)22-16-6-8-23(9-7-16)12-18(24)21-15-4-2-1-3-5-15/h1-5,10,13,16H,6-9,11-12,20H2,(H,21,24)(H,22,25). The molecule has 0 saturated carbocycles. The first kappa shape index (κ1) is 18.2. The van der Waals surface area contributed by atoms with E-state index in [0.717, 1.165) is 31.6 Å². The van der Waals surface area contributed by atoms with Crippen LogP contribution >= 0.6 is 0 Å². The van der Waals surface area contributed by atoms with E-state index in [0.29, 0.717) is 17.9 Å². The van der Waals surface area contributed by atoms with Crippen LogP contribution in [-0.2, 0) is 11.3 Å². The predicted molar refractivity (Wildman–Crippen MR) is 98.6 cm³/mol. The molecule has 0 atom stereocenters. The molecule has 0 bridgehead atoms. The van der Waals surface area contributed by atoms with Crippen molar-refractivity contribution >= 4 is 17.5 Å². The number of hydrogen-bond acceptors (Lipinski definition) is 5. The topological polar surface area (TPSA) is 101 Å². The number of rotatable bonds is 6. The molecule has 0 spiro atoms. The normalized spacial score (nSPS) is 15.6. The smallest absolute Gasteiger partial charge is 0.254 e. The number of nitrogens with zero attached hydrogens (tertiary/aromatic N) is 1. The molecule has 2 aromatic rings. The summed E-state index contributed by atoms with van der Waals surface area (Å²) in [5.74, 6) is 0.425. The number of amides is 2. The van der Waals surface area contributed by atoms with E-state index in [4.69, 9.17) is 10.2 Å². The van der Waals surface area contributed by atoms with Gasteiger partial charge in [0, 0.05) is 24.8 Å². The number of likely N-dealkylation sites (tertiary alicyclic amines) is 1. The quantitative estimate of drug-likeness (QED) is 0.729. The molecular weight excluding hydrogens is 332 g/mol. The van der Waals surface area contributed by atoms with Gasteiger partial charge in [-0.25, -0.2) is 0 Å². The second-order valence-electron chi connectivity index (χ2n) is 6.44. The number of carbonyl (C=O) groups is 2. The van der Waals surface area contributed by atoms with Gasteiger partial charge >= 0.3 is 0 Å². The largest absolute Gasteiger partial charge is 0.467 e. The fraction of sp³-hybridized carbons (Fsp3) is 0.368. The molecular formula is C19H24N4O3. The average molecular weight is 356 g/mol. The van der Waals surface area contributed by atoms with Gasteiger partial charge in [0.2, 0.25) is 5.91 Å². The predicted octanol–water partition coefficient (Wildman–Crippen LogP) is 1.57. The van der Waals surface area contributed by atoms with Crippen LogP contribution in [0, 0.1) is 0 Å². The number of anilines is 1. The van der Waals surface area contributed by atoms with Crippen LogP contribution < -0.4 is 16.4 Å². The maximum atomic E-state index is 12.2. The molecule has 138 valence electrons. The molecule has 1 aliphatic heterocycles. The summed E-state index contributed by atoms with van der Waals surface area (Å²) in [6, 6.07) is 11.2. The van der Waals surface area contributed by atoms with Crippen LogP contribution in [0.5, 0.6) is 0 Å². The Morgan fingerprint density at radius 3 is 2.58 bits per heavy atom. The Labute approximate surface area is 152 Å². The van der Waals surface area contributed by atoms with Gasteiger partial charge in [0.05, 0.1) is 18.7 Å². The zero-order valence-electron chi connectivity index (χ0n) is 14.6. The molecule has 4 N–H and O–H groups in total. The van der Waals surface area contributed by atoms with E-state index in [9.17, 15) is 9.59 Å². The van der Waals surface area contributed by atoms with Crippen molar-refractivity contribution in [3.63, 3.8) is 0 Å². The molecule has 1 saturated heterocycles. The highest BCUT2D eigenvalue weighted by atomic mass is 16.3. The van der Waals surface area contributed by atoms with Crippen molar-refractivity contribution in [3.05, 3.63) is 54.0 Å². The third-order valence-electron chi connectivity index (χ3n) is 4.46. The monoisotopic (exact) mass is 356 g/mol. The Balaban J connectivity index is 1.41. The number of hydrogen-bond donors (Lipinski definition) is 3. The number of piperidine rings is 1. The first-order valence-electron chi connectivity index (χ1n) is 8.79. The number of nitrogens with two attached hydrogens (primary N) is 1. The van der Waals surface area contributed by atoms with E-state index in [1.807, 2.05) is 30.3 Å². The molecule has 1 aromatic heterocycles. The summed E-state index contributed by atoms with van der Waals surface area (Å²) in [6.07, 6.45) is 3.05. The molecule has 26 heavy (non-hydrogen) atoms. The van der Waals surface area contributed by atoms with E-state index in [2.05, 4.69) is 15.5 Å². The molecule has 1 aromatic carbocycles. The van der Waals surface area contributed by atoms with E-state index in [-0.39, 0.29) is 24.4 Å². The highest BCUT2D eigenvalue weighted by Gasteiger charge is 2.23. The molecule has 3 rings (SSSR count). The SMILES string of the molecule is NCc1cc(C(=O)NC2CCN(CC(=O)Nc3ccccc3)CC2)co1. The minimum atomic E-state index is -0.145. The Morgan fingerprint density at radius 2 is 1.92 bits per heavy atom. The maximum Gasteiger partial charge on any atom is 0.254 e. The van der Waals surface area contributed by atoms with Crippen LogP contribution in [0.15, 0.2) is 47.1 Å². The third kappa shape index (κ3) is 4.93. The summed E-state index contributed by atoms with van der Waals surface area (Å²) in [5.41, 5.74) is 6.79. The van der Waals surface area contributed by atoms with E-state index < -0.39 is 0 Å². The summed E-state index contributed by atoms with van der Waals surface area (Å²) < 4.78 is 5.20. The van der Waals surface area contributed by atoms with Gasteiger partial charge in [0.25, 0.3) is 5.91 Å². The summed E-state index contributed by atoms with van der Waals surface area (Å²) in [5, 5.41) is 5.91. The van der Waals surface area contributed by atoms with Gasteiger partial charge in [-0.1, -0.05) is 18.2 Å². The average Bonchev–Trinajstić information content (AvgIpc) is 3.13. The number of nitrogens with one attached hydrogen (secondary N) is 2. The summed E-state index contributed by atoms with van der Waals surface area (Å²) in [6.45, 7) is 2.17. The zero-order chi connectivity index (χ0) is 18.4. The van der Waals surface area contributed by atoms with Gasteiger partial charge in [0.15, 0.2) is 0 Å². The Hall–Kier alpha value is -2.64. The van der Waals surface area contributed by atoms with Crippen LogP contribution in [0.1, 0.15) is 29.0 Å². The minimum Gasteiger partial charge on any atom is -0.467 e. The van der Waals surface area contributed by atoms with Gasteiger partial charge < -0.3 is 20.8 Å². The minimum absolute atomic E-state index is 0.0219. The lowest BCUT2D eigenvalue weighted by molar-refractivity contribution is -0.117. The Morgan fingerprint density at radius 1 is 1.19 bits per heavy atom. The molecule has 1 fully saturated rings. The van der Waals surface area contributed by atoms with Gasteiger partial charge in [0.1, 0.15) is 12.0 Å². The summed E-state index contributed by atoms with van der Waals surface area (Å²) >= 11 is 0. The van der Waals surface area contributed by atoms with E-state index >= 15 is 0 Å². The van der Waals surface area contributed by atoms with E-state index in [1.165, 1.54) is 6.26 Å². The highest BCUT2D eigenvalue weighted by molar-refractivity contribution is 5.94. The van der Waals surface area contributed by atoms with Crippen LogP contribution in [-0.4, -0.2) is 42.4 Å². The first-order chi connectivity index (χ1) is 12.6. The van der Waals surface area contributed by atoms with Crippen molar-refractivity contribution in [1.29, 1.82) is 0 Å². The number of carbonyl (C=O) groups excluding carboxylic acids is 2. The number of benzene rings is 1. The van der Waals surface area contributed by atoms with Crippen LogP contribution in [0.25, 0.3) is 0 Å². The third-order valence-corrected chi connectivity index (χ3v) is 4.46. The Kier molecular flexibility index (Phi) is 6.04. The fourth-order valence-electron chi connectivity index (χ4n) is 3.04. The van der Waals surface area contributed by atoms with Crippen molar-refractivity contribution in [1.82, 2.24) is 10.2 Å². The van der Waals surface area contributed by atoms with Crippen molar-refractivity contribution in [2.45, 2.75) is 25.4 Å². The fourth-order valence-corrected chi connectivity index (χ4v) is 3.04. The molecule has 2 heterocycles. The van der Waals surface area contributed by atoms with Crippen molar-refractivity contribution in [3.8, 4) is 0 Å². The molecule has 7 heteroatoms. The lowest BCUT2D eigenvalue weighted by Crippen LogP contribution is -2.46. The zero-order valence-corrected chi connectivity index (χ0v) is 14.6. The number of para-hydroxylation sites is 1. The van der Waals surface area contributed by atoms with Gasteiger partial charge in [-0.2, -0.15) is 0 Å². The van der Waals surface area contributed by atoms with Crippen LogP contribution in [0.3, 0.4) is 0 Å². The molecule has 0 aliphatic carbocycles. The maximum absolute atomic E-state index is 12.2. The Bertz CT molecular complexity index is 736. The highest BCUT2D eigenvalue weighted by Crippen LogP contribution is 2.13. The van der Waals surface area contributed by atoms with Gasteiger partial charge in [-0.05, 0) is 31.0 Å². The molecule has 1 aliphatic rings. The molecule has 2 amide bonds. The summed E-state index contributed by atoms with van der Waals surface area (Å²) in [4.78, 5) is 26.4. The first-order valence-corrected chi connectivity index (χ1v) is 8.79. The number of furan rings is 1. The molecule has 0 radical (unpaired) electrons. The van der Waals surface area contributed by atoms with Gasteiger partial charge in [-0.15, -0.1) is 0 Å². The lowest BCUT2D eigenvalue weighted by Gasteiger charge is -2.31. The lowest BCUT2D eigenvalue weighted by atomic mass is 10.0. The summed E-state index contributed by atoms with van der Waals surface area (Å²) in [7, 11) is 0. The van der Waals surface area contributed by atoms with Crippen LogP contribution in [0.4, 0.5) is 5.69 Å². The van der Waals surface area contributed by atoms with Crippen molar-refractivity contribution in [2.75, 3.05) is 25.0 Å². The van der Waals surface area contributed by atoms with E-state index in [1.54, 1.807) is 6.07 Å².